The second kappa shape index (κ2) is 9.74. The Bertz CT molecular complexity index is 797. The van der Waals surface area contributed by atoms with Gasteiger partial charge in [-0.3, -0.25) is 9.69 Å². The molecule has 0 unspecified atom stereocenters. The number of carbonyl (C=O) groups excluding carboxylic acids is 1. The van der Waals surface area contributed by atoms with Crippen LogP contribution in [0.15, 0.2) is 42.5 Å². The monoisotopic (exact) mass is 380 g/mol. The lowest BCUT2D eigenvalue weighted by molar-refractivity contribution is -0.128. The summed E-state index contributed by atoms with van der Waals surface area (Å²) in [4.78, 5) is 15.2. The zero-order valence-electron chi connectivity index (χ0n) is 17.3. The minimum atomic E-state index is -0.479. The quantitative estimate of drug-likeness (QED) is 0.739. The molecule has 0 aromatic heterocycles. The van der Waals surface area contributed by atoms with Gasteiger partial charge in [-0.1, -0.05) is 37.3 Å². The number of rotatable bonds is 8. The summed E-state index contributed by atoms with van der Waals surface area (Å²) in [7, 11) is 0. The molecule has 1 aliphatic rings. The first-order valence-electron chi connectivity index (χ1n) is 10.4. The Morgan fingerprint density at radius 1 is 1.07 bits per heavy atom. The molecule has 1 fully saturated rings. The molecule has 0 aliphatic carbocycles. The van der Waals surface area contributed by atoms with Gasteiger partial charge in [-0.2, -0.15) is 0 Å². The van der Waals surface area contributed by atoms with Crippen molar-refractivity contribution in [3.8, 4) is 5.75 Å². The first-order chi connectivity index (χ1) is 13.6. The van der Waals surface area contributed by atoms with Gasteiger partial charge in [0.25, 0.3) is 5.91 Å². The fourth-order valence-electron chi connectivity index (χ4n) is 3.64. The number of aryl methyl sites for hydroxylation is 2. The van der Waals surface area contributed by atoms with E-state index in [9.17, 15) is 4.79 Å². The van der Waals surface area contributed by atoms with E-state index in [4.69, 9.17) is 4.74 Å². The summed E-state index contributed by atoms with van der Waals surface area (Å²) in [5.41, 5.74) is 4.87. The van der Waals surface area contributed by atoms with Crippen LogP contribution in [0.2, 0.25) is 0 Å². The number of carbonyl (C=O) groups is 1. The first kappa shape index (κ1) is 20.4. The van der Waals surface area contributed by atoms with Crippen LogP contribution >= 0.6 is 0 Å². The summed E-state index contributed by atoms with van der Waals surface area (Å²) in [6.07, 6.45) is 2.72. The topological polar surface area (TPSA) is 41.6 Å². The summed E-state index contributed by atoms with van der Waals surface area (Å²) in [5, 5.41) is 3.08. The molecule has 4 heteroatoms. The van der Waals surface area contributed by atoms with Crippen molar-refractivity contribution in [2.24, 2.45) is 0 Å². The number of nitrogens with zero attached hydrogens (tertiary/aromatic N) is 1. The van der Waals surface area contributed by atoms with Crippen molar-refractivity contribution in [2.45, 2.75) is 59.2 Å². The van der Waals surface area contributed by atoms with Gasteiger partial charge in [-0.05, 0) is 80.6 Å². The van der Waals surface area contributed by atoms with Crippen LogP contribution in [0.25, 0.3) is 0 Å². The highest BCUT2D eigenvalue weighted by Crippen LogP contribution is 2.19. The summed E-state index contributed by atoms with van der Waals surface area (Å²) >= 11 is 0. The van der Waals surface area contributed by atoms with E-state index in [2.05, 4.69) is 42.3 Å². The summed E-state index contributed by atoms with van der Waals surface area (Å²) in [5.74, 6) is 0.691. The fraction of sp³-hybridized carbons (Fsp3) is 0.458. The lowest BCUT2D eigenvalue weighted by Crippen LogP contribution is -2.37. The van der Waals surface area contributed by atoms with Gasteiger partial charge in [0, 0.05) is 13.1 Å². The SMILES string of the molecule is CC[C@@H](Oc1ccc(C)c(C)c1)C(=O)NCc1ccccc1CN1CCCC1. The third-order valence-electron chi connectivity index (χ3n) is 5.58. The highest BCUT2D eigenvalue weighted by atomic mass is 16.5. The fourth-order valence-corrected chi connectivity index (χ4v) is 3.64. The molecule has 150 valence electrons. The van der Waals surface area contributed by atoms with E-state index in [1.807, 2.05) is 31.2 Å². The zero-order chi connectivity index (χ0) is 19.9. The van der Waals surface area contributed by atoms with E-state index in [1.54, 1.807) is 0 Å². The Hall–Kier alpha value is -2.33. The lowest BCUT2D eigenvalue weighted by Gasteiger charge is -2.20. The van der Waals surface area contributed by atoms with Gasteiger partial charge in [0.15, 0.2) is 6.10 Å². The smallest absolute Gasteiger partial charge is 0.261 e. The van der Waals surface area contributed by atoms with Crippen LogP contribution in [0.1, 0.15) is 48.4 Å². The van der Waals surface area contributed by atoms with E-state index < -0.39 is 6.10 Å². The predicted octanol–water partition coefficient (Wildman–Crippen LogP) is 4.37. The normalized spacial score (nSPS) is 15.4. The van der Waals surface area contributed by atoms with Crippen LogP contribution in [0, 0.1) is 13.8 Å². The Labute approximate surface area is 168 Å². The number of ether oxygens (including phenoxy) is 1. The standard InChI is InChI=1S/C24H32N2O2/c1-4-23(28-22-12-11-18(2)19(3)15-22)24(27)25-16-20-9-5-6-10-21(20)17-26-13-7-8-14-26/h5-6,9-12,15,23H,4,7-8,13-14,16-17H2,1-3H3,(H,25,27)/t23-/m1/s1. The van der Waals surface area contributed by atoms with Crippen LogP contribution in [-0.2, 0) is 17.9 Å². The van der Waals surface area contributed by atoms with E-state index in [0.29, 0.717) is 13.0 Å². The van der Waals surface area contributed by atoms with Crippen LogP contribution in [-0.4, -0.2) is 30.0 Å². The molecule has 0 radical (unpaired) electrons. The van der Waals surface area contributed by atoms with Crippen LogP contribution in [0.3, 0.4) is 0 Å². The van der Waals surface area contributed by atoms with Crippen LogP contribution < -0.4 is 10.1 Å². The number of amides is 1. The highest BCUT2D eigenvalue weighted by molar-refractivity contribution is 5.81. The van der Waals surface area contributed by atoms with Gasteiger partial charge in [0.2, 0.25) is 0 Å². The molecule has 1 N–H and O–H groups in total. The number of nitrogens with one attached hydrogen (secondary N) is 1. The van der Waals surface area contributed by atoms with Crippen molar-refractivity contribution in [1.29, 1.82) is 0 Å². The van der Waals surface area contributed by atoms with E-state index in [0.717, 1.165) is 12.3 Å². The predicted molar refractivity (Wildman–Crippen MR) is 113 cm³/mol. The van der Waals surface area contributed by atoms with Gasteiger partial charge in [-0.25, -0.2) is 0 Å². The minimum absolute atomic E-state index is 0.0586. The van der Waals surface area contributed by atoms with E-state index in [-0.39, 0.29) is 5.91 Å². The van der Waals surface area contributed by atoms with Crippen LogP contribution in [0.4, 0.5) is 0 Å². The van der Waals surface area contributed by atoms with Crippen molar-refractivity contribution in [3.63, 3.8) is 0 Å². The van der Waals surface area contributed by atoms with Crippen molar-refractivity contribution < 1.29 is 9.53 Å². The van der Waals surface area contributed by atoms with Gasteiger partial charge in [0.05, 0.1) is 0 Å². The molecule has 1 saturated heterocycles. The largest absolute Gasteiger partial charge is 0.481 e. The molecule has 1 aliphatic heterocycles. The molecule has 2 aromatic carbocycles. The van der Waals surface area contributed by atoms with Gasteiger partial charge in [0.1, 0.15) is 5.75 Å². The zero-order valence-corrected chi connectivity index (χ0v) is 17.3. The molecule has 0 spiro atoms. The number of hydrogen-bond donors (Lipinski definition) is 1. The van der Waals surface area contributed by atoms with Crippen molar-refractivity contribution >= 4 is 5.91 Å². The average Bonchev–Trinajstić information content (AvgIpc) is 3.21. The Morgan fingerprint density at radius 3 is 2.46 bits per heavy atom. The summed E-state index contributed by atoms with van der Waals surface area (Å²) in [6, 6.07) is 14.4. The Morgan fingerprint density at radius 2 is 1.79 bits per heavy atom. The molecular formula is C24H32N2O2. The van der Waals surface area contributed by atoms with E-state index >= 15 is 0 Å². The maximum Gasteiger partial charge on any atom is 0.261 e. The third kappa shape index (κ3) is 5.35. The summed E-state index contributed by atoms with van der Waals surface area (Å²) in [6.45, 7) is 9.94. The summed E-state index contributed by atoms with van der Waals surface area (Å²) < 4.78 is 5.97. The van der Waals surface area contributed by atoms with Crippen molar-refractivity contribution in [3.05, 3.63) is 64.7 Å². The number of likely N-dealkylation sites (tertiary alicyclic amines) is 1. The van der Waals surface area contributed by atoms with E-state index in [1.165, 1.54) is 48.2 Å². The Kier molecular flexibility index (Phi) is 7.10. The lowest BCUT2D eigenvalue weighted by atomic mass is 10.1. The highest BCUT2D eigenvalue weighted by Gasteiger charge is 2.19. The van der Waals surface area contributed by atoms with Gasteiger partial charge >= 0.3 is 0 Å². The van der Waals surface area contributed by atoms with Crippen molar-refractivity contribution in [1.82, 2.24) is 10.2 Å². The molecular weight excluding hydrogens is 348 g/mol. The minimum Gasteiger partial charge on any atom is -0.481 e. The van der Waals surface area contributed by atoms with Crippen molar-refractivity contribution in [2.75, 3.05) is 13.1 Å². The van der Waals surface area contributed by atoms with Crippen LogP contribution in [0.5, 0.6) is 5.75 Å². The molecule has 1 heterocycles. The molecule has 28 heavy (non-hydrogen) atoms. The maximum absolute atomic E-state index is 12.7. The molecule has 0 bridgehead atoms. The molecule has 2 aromatic rings. The number of hydrogen-bond acceptors (Lipinski definition) is 3. The number of benzene rings is 2. The Balaban J connectivity index is 1.59. The second-order valence-electron chi connectivity index (χ2n) is 7.73. The maximum atomic E-state index is 12.7. The first-order valence-corrected chi connectivity index (χ1v) is 10.4. The molecule has 1 amide bonds. The average molecular weight is 381 g/mol. The molecule has 3 rings (SSSR count). The molecule has 4 nitrogen and oxygen atoms in total. The third-order valence-corrected chi connectivity index (χ3v) is 5.58. The van der Waals surface area contributed by atoms with Gasteiger partial charge in [-0.15, -0.1) is 0 Å². The molecule has 1 atom stereocenters. The van der Waals surface area contributed by atoms with Gasteiger partial charge < -0.3 is 10.1 Å². The second-order valence-corrected chi connectivity index (χ2v) is 7.73. The molecule has 0 saturated carbocycles.